The highest BCUT2D eigenvalue weighted by atomic mass is 35.5. The maximum Gasteiger partial charge on any atom is 0.231 e. The first-order chi connectivity index (χ1) is 14.1. The van der Waals surface area contributed by atoms with Crippen molar-refractivity contribution in [3.05, 3.63) is 93.0 Å². The van der Waals surface area contributed by atoms with E-state index >= 15 is 0 Å². The monoisotopic (exact) mass is 422 g/mol. The Morgan fingerprint density at radius 1 is 1.14 bits per heavy atom. The molecule has 2 aromatic carbocycles. The lowest BCUT2D eigenvalue weighted by molar-refractivity contribution is -0.115. The van der Waals surface area contributed by atoms with Crippen LogP contribution in [0.15, 0.2) is 66.0 Å². The average Bonchev–Trinajstić information content (AvgIpc) is 3.28. The molecule has 146 valence electrons. The Kier molecular flexibility index (Phi) is 5.74. The highest BCUT2D eigenvalue weighted by Crippen LogP contribution is 2.21. The van der Waals surface area contributed by atoms with Crippen molar-refractivity contribution in [2.24, 2.45) is 0 Å². The fraction of sp³-hybridized carbons (Fsp3) is 0.136. The number of hydrogen-bond donors (Lipinski definition) is 1. The summed E-state index contributed by atoms with van der Waals surface area (Å²) >= 11 is 7.67. The van der Waals surface area contributed by atoms with Crippen LogP contribution in [0.1, 0.15) is 22.0 Å². The van der Waals surface area contributed by atoms with Gasteiger partial charge >= 0.3 is 0 Å². The van der Waals surface area contributed by atoms with E-state index in [1.165, 1.54) is 5.56 Å². The third-order valence-electron chi connectivity index (χ3n) is 4.29. The molecule has 0 radical (unpaired) electrons. The van der Waals surface area contributed by atoms with E-state index in [1.807, 2.05) is 48.7 Å². The topological polar surface area (TPSA) is 59.8 Å². The molecule has 0 aliphatic rings. The zero-order valence-electron chi connectivity index (χ0n) is 15.8. The first-order valence-corrected chi connectivity index (χ1v) is 10.4. The quantitative estimate of drug-likeness (QED) is 0.472. The number of aromatic nitrogens is 3. The number of halogens is 1. The molecule has 5 nitrogen and oxygen atoms in total. The van der Waals surface area contributed by atoms with E-state index in [0.717, 1.165) is 28.5 Å². The lowest BCUT2D eigenvalue weighted by Gasteiger charge is -2.08. The molecule has 1 N–H and O–H groups in total. The van der Waals surface area contributed by atoms with Crippen molar-refractivity contribution in [3.8, 4) is 5.69 Å². The van der Waals surface area contributed by atoms with Crippen molar-refractivity contribution in [1.82, 2.24) is 14.8 Å². The highest BCUT2D eigenvalue weighted by molar-refractivity contribution is 7.09. The van der Waals surface area contributed by atoms with E-state index in [2.05, 4.69) is 27.5 Å². The van der Waals surface area contributed by atoms with Gasteiger partial charge in [0.25, 0.3) is 0 Å². The molecule has 0 aliphatic heterocycles. The van der Waals surface area contributed by atoms with Crippen molar-refractivity contribution >= 4 is 34.7 Å². The Labute approximate surface area is 178 Å². The van der Waals surface area contributed by atoms with E-state index < -0.39 is 0 Å². The fourth-order valence-corrected chi connectivity index (χ4v) is 4.04. The summed E-state index contributed by atoms with van der Waals surface area (Å²) in [5.74, 6) is 0.472. The molecule has 4 rings (SSSR count). The molecule has 0 saturated carbocycles. The smallest absolute Gasteiger partial charge is 0.231 e. The van der Waals surface area contributed by atoms with Crippen LogP contribution in [0.4, 0.5) is 5.82 Å². The Balaban J connectivity index is 1.44. The standard InChI is InChI=1S/C22H19ClN4OS/c1-15-10-20(27(26-15)19-9-5-8-17(23)12-19)25-21(28)13-18-14-29-22(24-18)11-16-6-3-2-4-7-16/h2-10,12,14H,11,13H2,1H3,(H,25,28). The molecule has 0 unspecified atom stereocenters. The van der Waals surface area contributed by atoms with Crippen LogP contribution in [0.3, 0.4) is 0 Å². The fourth-order valence-electron chi connectivity index (χ4n) is 3.03. The first-order valence-electron chi connectivity index (χ1n) is 9.16. The molecule has 1 amide bonds. The largest absolute Gasteiger partial charge is 0.310 e. The Morgan fingerprint density at radius 2 is 1.97 bits per heavy atom. The average molecular weight is 423 g/mol. The second kappa shape index (κ2) is 8.59. The van der Waals surface area contributed by atoms with Crippen LogP contribution in [0.2, 0.25) is 5.02 Å². The number of rotatable bonds is 6. The number of benzene rings is 2. The number of amides is 1. The van der Waals surface area contributed by atoms with Gasteiger partial charge in [-0.1, -0.05) is 48.0 Å². The van der Waals surface area contributed by atoms with Gasteiger partial charge in [-0.15, -0.1) is 11.3 Å². The van der Waals surface area contributed by atoms with Crippen molar-refractivity contribution in [1.29, 1.82) is 0 Å². The molecule has 29 heavy (non-hydrogen) atoms. The molecule has 4 aromatic rings. The Bertz CT molecular complexity index is 1140. The van der Waals surface area contributed by atoms with Gasteiger partial charge in [0.2, 0.25) is 5.91 Å². The minimum atomic E-state index is -0.135. The third-order valence-corrected chi connectivity index (χ3v) is 5.42. The van der Waals surface area contributed by atoms with Gasteiger partial charge in [0.15, 0.2) is 0 Å². The van der Waals surface area contributed by atoms with Gasteiger partial charge in [-0.25, -0.2) is 9.67 Å². The molecule has 0 atom stereocenters. The predicted octanol–water partition coefficient (Wildman–Crippen LogP) is 5.06. The van der Waals surface area contributed by atoms with E-state index in [-0.39, 0.29) is 12.3 Å². The zero-order valence-corrected chi connectivity index (χ0v) is 17.4. The summed E-state index contributed by atoms with van der Waals surface area (Å²) in [5, 5.41) is 11.0. The molecule has 0 fully saturated rings. The summed E-state index contributed by atoms with van der Waals surface area (Å²) in [4.78, 5) is 17.2. The van der Waals surface area contributed by atoms with Crippen molar-refractivity contribution < 1.29 is 4.79 Å². The van der Waals surface area contributed by atoms with Gasteiger partial charge < -0.3 is 5.32 Å². The molecule has 2 heterocycles. The van der Waals surface area contributed by atoms with E-state index in [1.54, 1.807) is 28.2 Å². The maximum absolute atomic E-state index is 12.6. The summed E-state index contributed by atoms with van der Waals surface area (Å²) in [6.45, 7) is 1.88. The zero-order chi connectivity index (χ0) is 20.2. The van der Waals surface area contributed by atoms with Gasteiger partial charge in [0.05, 0.1) is 28.5 Å². The second-order valence-corrected chi connectivity index (χ2v) is 8.06. The molecule has 2 aromatic heterocycles. The van der Waals surface area contributed by atoms with Crippen LogP contribution >= 0.6 is 22.9 Å². The van der Waals surface area contributed by atoms with Gasteiger partial charge in [0, 0.05) is 22.9 Å². The minimum absolute atomic E-state index is 0.135. The molecule has 0 aliphatic carbocycles. The molecular formula is C22H19ClN4OS. The van der Waals surface area contributed by atoms with E-state index in [0.29, 0.717) is 10.8 Å². The summed E-state index contributed by atoms with van der Waals surface area (Å²) in [7, 11) is 0. The summed E-state index contributed by atoms with van der Waals surface area (Å²) in [6, 6.07) is 19.4. The molecule has 0 saturated heterocycles. The molecular weight excluding hydrogens is 404 g/mol. The summed E-state index contributed by atoms with van der Waals surface area (Å²) in [6.07, 6.45) is 0.985. The third kappa shape index (κ3) is 4.91. The number of aryl methyl sites for hydroxylation is 1. The first kappa shape index (κ1) is 19.4. The maximum atomic E-state index is 12.6. The van der Waals surface area contributed by atoms with Crippen LogP contribution in [-0.4, -0.2) is 20.7 Å². The number of nitrogens with zero attached hydrogens (tertiary/aromatic N) is 3. The molecule has 0 spiro atoms. The lowest BCUT2D eigenvalue weighted by Crippen LogP contribution is -2.17. The molecule has 7 heteroatoms. The summed E-state index contributed by atoms with van der Waals surface area (Å²) < 4.78 is 1.68. The number of anilines is 1. The van der Waals surface area contributed by atoms with Gasteiger partial charge in [-0.05, 0) is 30.7 Å². The number of thiazole rings is 1. The van der Waals surface area contributed by atoms with Crippen LogP contribution in [0.25, 0.3) is 5.69 Å². The van der Waals surface area contributed by atoms with Crippen molar-refractivity contribution in [2.45, 2.75) is 19.8 Å². The van der Waals surface area contributed by atoms with Gasteiger partial charge in [-0.2, -0.15) is 5.10 Å². The number of carbonyl (C=O) groups is 1. The van der Waals surface area contributed by atoms with Crippen LogP contribution < -0.4 is 5.32 Å². The molecule has 0 bridgehead atoms. The lowest BCUT2D eigenvalue weighted by atomic mass is 10.2. The van der Waals surface area contributed by atoms with Crippen molar-refractivity contribution in [2.75, 3.05) is 5.32 Å². The van der Waals surface area contributed by atoms with Crippen molar-refractivity contribution in [3.63, 3.8) is 0 Å². The van der Waals surface area contributed by atoms with Crippen LogP contribution in [-0.2, 0) is 17.6 Å². The van der Waals surface area contributed by atoms with Gasteiger partial charge in [0.1, 0.15) is 5.82 Å². The van der Waals surface area contributed by atoms with Crippen LogP contribution in [0, 0.1) is 6.92 Å². The Hall–Kier alpha value is -2.96. The van der Waals surface area contributed by atoms with Crippen LogP contribution in [0.5, 0.6) is 0 Å². The second-order valence-electron chi connectivity index (χ2n) is 6.68. The number of carbonyl (C=O) groups excluding carboxylic acids is 1. The van der Waals surface area contributed by atoms with E-state index in [9.17, 15) is 4.79 Å². The Morgan fingerprint density at radius 3 is 2.76 bits per heavy atom. The van der Waals surface area contributed by atoms with Gasteiger partial charge in [-0.3, -0.25) is 4.79 Å². The SMILES string of the molecule is Cc1cc(NC(=O)Cc2csc(Cc3ccccc3)n2)n(-c2cccc(Cl)c2)n1. The van der Waals surface area contributed by atoms with E-state index in [4.69, 9.17) is 11.6 Å². The number of hydrogen-bond acceptors (Lipinski definition) is 4. The summed E-state index contributed by atoms with van der Waals surface area (Å²) in [5.41, 5.74) is 3.57. The predicted molar refractivity (Wildman–Crippen MR) is 117 cm³/mol. The minimum Gasteiger partial charge on any atom is -0.310 e. The number of nitrogens with one attached hydrogen (secondary N) is 1. The normalized spacial score (nSPS) is 10.8. The highest BCUT2D eigenvalue weighted by Gasteiger charge is 2.13.